The van der Waals surface area contributed by atoms with Crippen molar-refractivity contribution in [3.05, 3.63) is 212 Å². The molecule has 0 radical (unpaired) electrons. The van der Waals surface area contributed by atoms with Crippen LogP contribution in [0.15, 0.2) is 212 Å². The van der Waals surface area contributed by atoms with E-state index in [1.54, 1.807) is 0 Å². The molecule has 0 bridgehead atoms. The van der Waals surface area contributed by atoms with Crippen LogP contribution in [-0.2, 0) is 0 Å². The SMILES string of the molecule is c1ccc(-c2cc(-c3ccccc3)cc(-c3sc4c(c(-c5ccccc5)nc5ccccc54)c3-c3ccc(-c4nc5ccccc5n4-c4ccccc4)cc3)c2)cc1. The summed E-state index contributed by atoms with van der Waals surface area (Å²) >= 11 is 1.86. The summed E-state index contributed by atoms with van der Waals surface area (Å²) in [6.45, 7) is 0. The van der Waals surface area contributed by atoms with Crippen molar-refractivity contribution in [1.29, 1.82) is 0 Å². The Hall–Kier alpha value is -7.40. The normalized spacial score (nSPS) is 11.4. The van der Waals surface area contributed by atoms with Crippen molar-refractivity contribution in [2.45, 2.75) is 0 Å². The van der Waals surface area contributed by atoms with Gasteiger partial charge in [-0.1, -0.05) is 164 Å². The summed E-state index contributed by atoms with van der Waals surface area (Å²) in [5, 5.41) is 2.32. The zero-order chi connectivity index (χ0) is 38.4. The number of aromatic nitrogens is 3. The van der Waals surface area contributed by atoms with Crippen molar-refractivity contribution >= 4 is 43.4 Å². The fraction of sp³-hybridized carbons (Fsp3) is 0. The molecular formula is C54H35N3S. The third-order valence-corrected chi connectivity index (χ3v) is 12.3. The summed E-state index contributed by atoms with van der Waals surface area (Å²) in [6, 6.07) is 75.6. The predicted octanol–water partition coefficient (Wildman–Crippen LogP) is 14.8. The van der Waals surface area contributed by atoms with Gasteiger partial charge in [0.05, 0.1) is 22.2 Å². The van der Waals surface area contributed by atoms with E-state index < -0.39 is 0 Å². The van der Waals surface area contributed by atoms with Gasteiger partial charge in [0, 0.05) is 42.7 Å². The van der Waals surface area contributed by atoms with Gasteiger partial charge in [0.25, 0.3) is 0 Å². The van der Waals surface area contributed by atoms with Crippen molar-refractivity contribution < 1.29 is 0 Å². The summed E-state index contributed by atoms with van der Waals surface area (Å²) in [5.74, 6) is 0.912. The second-order valence-electron chi connectivity index (χ2n) is 14.6. The third kappa shape index (κ3) is 5.90. The van der Waals surface area contributed by atoms with Gasteiger partial charge in [0.1, 0.15) is 5.82 Å². The Balaban J connectivity index is 1.19. The van der Waals surface area contributed by atoms with Crippen LogP contribution in [-0.4, -0.2) is 14.5 Å². The molecule has 0 fully saturated rings. The summed E-state index contributed by atoms with van der Waals surface area (Å²) in [5.41, 5.74) is 15.5. The Bertz CT molecular complexity index is 3180. The molecule has 3 aromatic heterocycles. The van der Waals surface area contributed by atoms with Crippen LogP contribution < -0.4 is 0 Å². The highest BCUT2D eigenvalue weighted by Gasteiger charge is 2.24. The van der Waals surface area contributed by atoms with E-state index in [1.165, 1.54) is 48.3 Å². The van der Waals surface area contributed by atoms with Gasteiger partial charge in [-0.2, -0.15) is 0 Å². The molecule has 8 aromatic carbocycles. The van der Waals surface area contributed by atoms with E-state index in [0.717, 1.165) is 55.8 Å². The number of fused-ring (bicyclic) bond motifs is 4. The number of nitrogens with zero attached hydrogens (tertiary/aromatic N) is 3. The van der Waals surface area contributed by atoms with Gasteiger partial charge in [-0.25, -0.2) is 9.97 Å². The molecule has 3 heterocycles. The Morgan fingerprint density at radius 3 is 1.55 bits per heavy atom. The first-order valence-corrected chi connectivity index (χ1v) is 20.4. The maximum Gasteiger partial charge on any atom is 0.145 e. The fourth-order valence-corrected chi connectivity index (χ4v) is 9.61. The Labute approximate surface area is 340 Å². The van der Waals surface area contributed by atoms with Crippen LogP contribution >= 0.6 is 11.3 Å². The van der Waals surface area contributed by atoms with Crippen molar-refractivity contribution in [1.82, 2.24) is 14.5 Å². The molecule has 0 unspecified atom stereocenters. The van der Waals surface area contributed by atoms with Gasteiger partial charge < -0.3 is 0 Å². The van der Waals surface area contributed by atoms with E-state index in [0.29, 0.717) is 0 Å². The molecule has 0 N–H and O–H groups in total. The molecule has 0 amide bonds. The second kappa shape index (κ2) is 14.3. The largest absolute Gasteiger partial charge is 0.292 e. The van der Waals surface area contributed by atoms with E-state index in [9.17, 15) is 0 Å². The number of para-hydroxylation sites is 4. The lowest BCUT2D eigenvalue weighted by Gasteiger charge is -2.14. The monoisotopic (exact) mass is 757 g/mol. The minimum atomic E-state index is 0.912. The number of imidazole rings is 1. The molecule has 0 aliphatic heterocycles. The molecule has 0 aliphatic carbocycles. The first-order valence-electron chi connectivity index (χ1n) is 19.6. The molecule has 3 nitrogen and oxygen atoms in total. The van der Waals surface area contributed by atoms with Gasteiger partial charge in [0.15, 0.2) is 0 Å². The molecule has 0 saturated heterocycles. The highest BCUT2D eigenvalue weighted by molar-refractivity contribution is 7.24. The number of rotatable bonds is 7. The zero-order valence-electron chi connectivity index (χ0n) is 31.5. The van der Waals surface area contributed by atoms with Crippen molar-refractivity contribution in [3.8, 4) is 72.2 Å². The number of benzene rings is 8. The van der Waals surface area contributed by atoms with Gasteiger partial charge in [-0.15, -0.1) is 11.3 Å². The highest BCUT2D eigenvalue weighted by atomic mass is 32.1. The molecule has 272 valence electrons. The van der Waals surface area contributed by atoms with Crippen LogP contribution in [0.1, 0.15) is 0 Å². The van der Waals surface area contributed by atoms with E-state index in [1.807, 2.05) is 11.3 Å². The molecule has 58 heavy (non-hydrogen) atoms. The Kier molecular flexibility index (Phi) is 8.34. The first-order chi connectivity index (χ1) is 28.8. The summed E-state index contributed by atoms with van der Waals surface area (Å²) in [6.07, 6.45) is 0. The molecule has 0 aliphatic rings. The Morgan fingerprint density at radius 1 is 0.379 bits per heavy atom. The van der Waals surface area contributed by atoms with Gasteiger partial charge >= 0.3 is 0 Å². The molecule has 4 heteroatoms. The zero-order valence-corrected chi connectivity index (χ0v) is 32.3. The number of hydrogen-bond acceptors (Lipinski definition) is 3. The van der Waals surface area contributed by atoms with Crippen LogP contribution in [0.25, 0.3) is 104 Å². The minimum Gasteiger partial charge on any atom is -0.292 e. The summed E-state index contributed by atoms with van der Waals surface area (Å²) < 4.78 is 3.50. The Morgan fingerprint density at radius 2 is 0.897 bits per heavy atom. The standard InChI is InChI=1S/C54H35N3S/c1-5-17-36(18-6-1)41-33-42(37-19-7-2-8-20-37)35-43(34-41)52-49(50-51(39-21-9-3-10-22-39)55-46-26-14-13-25-45(46)53(50)58-52)38-29-31-40(32-30-38)54-56-47-27-15-16-28-48(47)57(54)44-23-11-4-12-24-44/h1-35H. The second-order valence-corrected chi connectivity index (χ2v) is 15.6. The van der Waals surface area contributed by atoms with Crippen LogP contribution in [0.2, 0.25) is 0 Å². The van der Waals surface area contributed by atoms with E-state index in [2.05, 4.69) is 217 Å². The van der Waals surface area contributed by atoms with Gasteiger partial charge in [-0.3, -0.25) is 4.57 Å². The minimum absolute atomic E-state index is 0.912. The van der Waals surface area contributed by atoms with Crippen LogP contribution in [0.5, 0.6) is 0 Å². The van der Waals surface area contributed by atoms with Crippen molar-refractivity contribution in [3.63, 3.8) is 0 Å². The van der Waals surface area contributed by atoms with Gasteiger partial charge in [0.2, 0.25) is 0 Å². The maximum absolute atomic E-state index is 5.43. The third-order valence-electron chi connectivity index (χ3n) is 11.0. The first kappa shape index (κ1) is 33.9. The van der Waals surface area contributed by atoms with E-state index in [4.69, 9.17) is 9.97 Å². The smallest absolute Gasteiger partial charge is 0.145 e. The average Bonchev–Trinajstić information content (AvgIpc) is 3.90. The lowest BCUT2D eigenvalue weighted by Crippen LogP contribution is -1.97. The predicted molar refractivity (Wildman–Crippen MR) is 244 cm³/mol. The highest BCUT2D eigenvalue weighted by Crippen LogP contribution is 2.51. The summed E-state index contributed by atoms with van der Waals surface area (Å²) in [7, 11) is 0. The van der Waals surface area contributed by atoms with Crippen molar-refractivity contribution in [2.24, 2.45) is 0 Å². The molecule has 0 saturated carbocycles. The lowest BCUT2D eigenvalue weighted by molar-refractivity contribution is 1.10. The van der Waals surface area contributed by atoms with Crippen LogP contribution in [0.4, 0.5) is 0 Å². The molecule has 11 aromatic rings. The lowest BCUT2D eigenvalue weighted by atomic mass is 9.91. The molecular weight excluding hydrogens is 723 g/mol. The van der Waals surface area contributed by atoms with Crippen LogP contribution in [0.3, 0.4) is 0 Å². The van der Waals surface area contributed by atoms with E-state index >= 15 is 0 Å². The molecule has 0 atom stereocenters. The fourth-order valence-electron chi connectivity index (χ4n) is 8.27. The summed E-state index contributed by atoms with van der Waals surface area (Å²) in [4.78, 5) is 11.8. The number of hydrogen-bond donors (Lipinski definition) is 0. The van der Waals surface area contributed by atoms with E-state index in [-0.39, 0.29) is 0 Å². The molecule has 11 rings (SSSR count). The molecule has 0 spiro atoms. The average molecular weight is 758 g/mol. The number of thiophene rings is 1. The van der Waals surface area contributed by atoms with Gasteiger partial charge in [-0.05, 0) is 81.9 Å². The maximum atomic E-state index is 5.43. The number of pyridine rings is 1. The van der Waals surface area contributed by atoms with Crippen molar-refractivity contribution in [2.75, 3.05) is 0 Å². The topological polar surface area (TPSA) is 30.7 Å². The quantitative estimate of drug-likeness (QED) is 0.162. The van der Waals surface area contributed by atoms with Crippen LogP contribution in [0, 0.1) is 0 Å².